The quantitative estimate of drug-likeness (QED) is 0.729. The molecule has 1 aliphatic carbocycles. The Balaban J connectivity index is 1.84. The fraction of sp³-hybridized carbons (Fsp3) is 0.214. The molecule has 2 nitrogen and oxygen atoms in total. The zero-order valence-corrected chi connectivity index (χ0v) is 13.4. The van der Waals surface area contributed by atoms with Crippen molar-refractivity contribution < 1.29 is 0 Å². The van der Waals surface area contributed by atoms with Gasteiger partial charge in [-0.2, -0.15) is 0 Å². The van der Waals surface area contributed by atoms with Gasteiger partial charge in [-0.1, -0.05) is 6.07 Å². The third-order valence-electron chi connectivity index (χ3n) is 3.22. The molecule has 0 saturated carbocycles. The molecular formula is C14H12BrIN2. The van der Waals surface area contributed by atoms with Crippen LogP contribution in [-0.4, -0.2) is 4.98 Å². The minimum Gasteiger partial charge on any atom is -0.377 e. The first-order chi connectivity index (χ1) is 8.74. The summed E-state index contributed by atoms with van der Waals surface area (Å²) in [4.78, 5) is 4.50. The van der Waals surface area contributed by atoms with Crippen LogP contribution in [-0.2, 0) is 6.42 Å². The highest BCUT2D eigenvalue weighted by atomic mass is 127. The fourth-order valence-corrected chi connectivity index (χ4v) is 3.10. The topological polar surface area (TPSA) is 24.9 Å². The van der Waals surface area contributed by atoms with E-state index in [0.717, 1.165) is 23.0 Å². The average molecular weight is 415 g/mol. The smallest absolute Gasteiger partial charge is 0.0691 e. The van der Waals surface area contributed by atoms with E-state index in [9.17, 15) is 0 Å². The summed E-state index contributed by atoms with van der Waals surface area (Å²) in [7, 11) is 0. The molecule has 18 heavy (non-hydrogen) atoms. The molecule has 0 fully saturated rings. The highest BCUT2D eigenvalue weighted by Gasteiger charge is 2.23. The van der Waals surface area contributed by atoms with Crippen LogP contribution >= 0.6 is 38.5 Å². The summed E-state index contributed by atoms with van der Waals surface area (Å²) in [6.07, 6.45) is 4.12. The maximum Gasteiger partial charge on any atom is 0.0691 e. The van der Waals surface area contributed by atoms with Gasteiger partial charge in [-0.15, -0.1) is 0 Å². The zero-order chi connectivity index (χ0) is 12.5. The number of nitrogens with zero attached hydrogens (tertiary/aromatic N) is 1. The predicted molar refractivity (Wildman–Crippen MR) is 85.8 cm³/mol. The Morgan fingerprint density at radius 2 is 2.22 bits per heavy atom. The van der Waals surface area contributed by atoms with E-state index in [1.165, 1.54) is 14.8 Å². The van der Waals surface area contributed by atoms with Crippen LogP contribution in [0, 0.1) is 3.57 Å². The van der Waals surface area contributed by atoms with Crippen molar-refractivity contribution in [3.8, 4) is 0 Å². The number of aromatic nitrogens is 1. The highest BCUT2D eigenvalue weighted by molar-refractivity contribution is 14.1. The van der Waals surface area contributed by atoms with E-state index in [2.05, 4.69) is 73.1 Å². The van der Waals surface area contributed by atoms with Gasteiger partial charge in [0.2, 0.25) is 0 Å². The second-order valence-electron chi connectivity index (χ2n) is 4.41. The van der Waals surface area contributed by atoms with Crippen LogP contribution in [0.2, 0.25) is 0 Å². The zero-order valence-electron chi connectivity index (χ0n) is 9.66. The molecule has 1 atom stereocenters. The molecule has 1 aromatic heterocycles. The second kappa shape index (κ2) is 5.17. The van der Waals surface area contributed by atoms with Crippen molar-refractivity contribution in [2.75, 3.05) is 5.32 Å². The molecule has 3 rings (SSSR count). The molecule has 1 heterocycles. The Hall–Kier alpha value is -0.620. The van der Waals surface area contributed by atoms with Crippen LogP contribution < -0.4 is 5.32 Å². The monoisotopic (exact) mass is 414 g/mol. The lowest BCUT2D eigenvalue weighted by Gasteiger charge is -2.15. The van der Waals surface area contributed by atoms with E-state index >= 15 is 0 Å². The van der Waals surface area contributed by atoms with Gasteiger partial charge in [-0.3, -0.25) is 4.98 Å². The van der Waals surface area contributed by atoms with E-state index in [0.29, 0.717) is 6.04 Å². The summed E-state index contributed by atoms with van der Waals surface area (Å²) in [5, 5.41) is 3.58. The molecule has 1 unspecified atom stereocenters. The lowest BCUT2D eigenvalue weighted by molar-refractivity contribution is 0.746. The normalized spacial score (nSPS) is 17.6. The van der Waals surface area contributed by atoms with Gasteiger partial charge >= 0.3 is 0 Å². The van der Waals surface area contributed by atoms with Crippen LogP contribution in [0.5, 0.6) is 0 Å². The fourth-order valence-electron chi connectivity index (χ4n) is 2.34. The third kappa shape index (κ3) is 2.40. The molecule has 1 N–H and O–H groups in total. The largest absolute Gasteiger partial charge is 0.377 e. The van der Waals surface area contributed by atoms with Crippen molar-refractivity contribution in [3.05, 3.63) is 55.8 Å². The molecule has 0 saturated heterocycles. The summed E-state index contributed by atoms with van der Waals surface area (Å²) >= 11 is 5.85. The van der Waals surface area contributed by atoms with Gasteiger partial charge in [0.15, 0.2) is 0 Å². The van der Waals surface area contributed by atoms with E-state index < -0.39 is 0 Å². The molecule has 0 aliphatic heterocycles. The number of hydrogen-bond donors (Lipinski definition) is 1. The number of hydrogen-bond acceptors (Lipinski definition) is 2. The van der Waals surface area contributed by atoms with Crippen LogP contribution in [0.25, 0.3) is 0 Å². The molecule has 92 valence electrons. The molecule has 0 radical (unpaired) electrons. The number of nitrogens with one attached hydrogen (secondary N) is 1. The Labute approximate surface area is 128 Å². The molecule has 0 spiro atoms. The Kier molecular flexibility index (Phi) is 3.56. The Morgan fingerprint density at radius 1 is 1.33 bits per heavy atom. The highest BCUT2D eigenvalue weighted by Crippen LogP contribution is 2.33. The molecule has 1 aliphatic rings. The van der Waals surface area contributed by atoms with Crippen molar-refractivity contribution in [2.45, 2.75) is 18.9 Å². The number of pyridine rings is 1. The van der Waals surface area contributed by atoms with Gasteiger partial charge in [0, 0.05) is 19.9 Å². The number of anilines is 1. The lowest BCUT2D eigenvalue weighted by atomic mass is 10.2. The standard InChI is InChI=1S/C14H12BrIN2/c15-11-5-4-10(8-12(11)16)18-13-6-3-9-2-1-7-17-14(9)13/h1-2,4-5,7-8,13,18H,3,6H2. The molecule has 0 bridgehead atoms. The molecule has 4 heteroatoms. The number of rotatable bonds is 2. The van der Waals surface area contributed by atoms with Crippen molar-refractivity contribution >= 4 is 44.2 Å². The molecular weight excluding hydrogens is 403 g/mol. The third-order valence-corrected chi connectivity index (χ3v) is 5.54. The van der Waals surface area contributed by atoms with E-state index in [-0.39, 0.29) is 0 Å². The van der Waals surface area contributed by atoms with Crippen LogP contribution in [0.15, 0.2) is 41.0 Å². The number of halogens is 2. The van der Waals surface area contributed by atoms with E-state index in [1.54, 1.807) is 0 Å². The van der Waals surface area contributed by atoms with Gasteiger partial charge < -0.3 is 5.32 Å². The minimum atomic E-state index is 0.346. The van der Waals surface area contributed by atoms with Crippen molar-refractivity contribution in [2.24, 2.45) is 0 Å². The average Bonchev–Trinajstić information content (AvgIpc) is 2.78. The first-order valence-electron chi connectivity index (χ1n) is 5.89. The Morgan fingerprint density at radius 3 is 3.06 bits per heavy atom. The number of fused-ring (bicyclic) bond motifs is 1. The second-order valence-corrected chi connectivity index (χ2v) is 6.43. The van der Waals surface area contributed by atoms with E-state index in [1.807, 2.05) is 12.3 Å². The molecule has 0 amide bonds. The van der Waals surface area contributed by atoms with Gasteiger partial charge in [-0.05, 0) is 81.2 Å². The van der Waals surface area contributed by atoms with Gasteiger partial charge in [0.1, 0.15) is 0 Å². The molecule has 2 aromatic rings. The van der Waals surface area contributed by atoms with Crippen LogP contribution in [0.1, 0.15) is 23.7 Å². The van der Waals surface area contributed by atoms with Crippen molar-refractivity contribution in [3.63, 3.8) is 0 Å². The SMILES string of the molecule is Brc1ccc(NC2CCc3cccnc32)cc1I. The van der Waals surface area contributed by atoms with Crippen molar-refractivity contribution in [1.82, 2.24) is 4.98 Å². The molecule has 1 aromatic carbocycles. The van der Waals surface area contributed by atoms with Gasteiger partial charge in [0.05, 0.1) is 11.7 Å². The first kappa shape index (κ1) is 12.4. The summed E-state index contributed by atoms with van der Waals surface area (Å²) in [6.45, 7) is 0. The van der Waals surface area contributed by atoms with Gasteiger partial charge in [-0.25, -0.2) is 0 Å². The first-order valence-corrected chi connectivity index (χ1v) is 7.76. The van der Waals surface area contributed by atoms with E-state index in [4.69, 9.17) is 0 Å². The van der Waals surface area contributed by atoms with Gasteiger partial charge in [0.25, 0.3) is 0 Å². The number of benzene rings is 1. The predicted octanol–water partition coefficient (Wildman–Crippen LogP) is 4.55. The van der Waals surface area contributed by atoms with Crippen LogP contribution in [0.4, 0.5) is 5.69 Å². The summed E-state index contributed by atoms with van der Waals surface area (Å²) in [6, 6.07) is 10.9. The maximum absolute atomic E-state index is 4.50. The minimum absolute atomic E-state index is 0.346. The Bertz CT molecular complexity index is 586. The maximum atomic E-state index is 4.50. The summed E-state index contributed by atoms with van der Waals surface area (Å²) in [5.74, 6) is 0. The number of aryl methyl sites for hydroxylation is 1. The van der Waals surface area contributed by atoms with Crippen molar-refractivity contribution in [1.29, 1.82) is 0 Å². The summed E-state index contributed by atoms with van der Waals surface area (Å²) < 4.78 is 2.36. The van der Waals surface area contributed by atoms with Crippen LogP contribution in [0.3, 0.4) is 0 Å². The summed E-state index contributed by atoms with van der Waals surface area (Å²) in [5.41, 5.74) is 3.74. The lowest BCUT2D eigenvalue weighted by Crippen LogP contribution is -2.08.